The molecule has 1 aliphatic rings. The topological polar surface area (TPSA) is 20.1 Å². The molecule has 0 aromatic carbocycles. The summed E-state index contributed by atoms with van der Waals surface area (Å²) < 4.78 is 14.7. The lowest BCUT2D eigenvalue weighted by molar-refractivity contribution is 0.482. The minimum atomic E-state index is -0.932. The van der Waals surface area contributed by atoms with Crippen LogP contribution in [0, 0.1) is 0 Å². The molecule has 0 saturated carbocycles. The molecule has 0 radical (unpaired) electrons. The molecule has 0 aliphatic carbocycles. The standard InChI is InChI=1S/C14H27NOS/c1-8-11-13(7)14(9-2,10-3)15(13)17(16)12(4,5)6/h8H,1,9-11H2,2-7H3/t13-,15?,17?/m1/s1. The van der Waals surface area contributed by atoms with Gasteiger partial charge in [0, 0.05) is 0 Å². The lowest BCUT2D eigenvalue weighted by atomic mass is 9.87. The monoisotopic (exact) mass is 257 g/mol. The van der Waals surface area contributed by atoms with E-state index in [0.29, 0.717) is 0 Å². The largest absolute Gasteiger partial charge is 0.242 e. The summed E-state index contributed by atoms with van der Waals surface area (Å²) in [6, 6.07) is 0. The van der Waals surface area contributed by atoms with Crippen LogP contribution in [0.25, 0.3) is 0 Å². The van der Waals surface area contributed by atoms with Crippen LogP contribution in [0.4, 0.5) is 0 Å². The summed E-state index contributed by atoms with van der Waals surface area (Å²) >= 11 is 0. The predicted molar refractivity (Wildman–Crippen MR) is 76.3 cm³/mol. The number of rotatable bonds is 5. The molecule has 0 aromatic heterocycles. The van der Waals surface area contributed by atoms with Crippen molar-refractivity contribution in [2.45, 2.75) is 76.6 Å². The summed E-state index contributed by atoms with van der Waals surface area (Å²) in [7, 11) is -0.932. The molecule has 17 heavy (non-hydrogen) atoms. The Kier molecular flexibility index (Phi) is 3.95. The van der Waals surface area contributed by atoms with Crippen LogP contribution < -0.4 is 0 Å². The Morgan fingerprint density at radius 3 is 2.06 bits per heavy atom. The zero-order valence-electron chi connectivity index (χ0n) is 12.2. The maximum absolute atomic E-state index is 12.7. The van der Waals surface area contributed by atoms with Crippen LogP contribution in [0.2, 0.25) is 0 Å². The molecule has 3 heteroatoms. The average Bonchev–Trinajstić information content (AvgIpc) is 2.76. The van der Waals surface area contributed by atoms with E-state index in [1.54, 1.807) is 0 Å². The van der Waals surface area contributed by atoms with E-state index in [1.165, 1.54) is 0 Å². The predicted octanol–water partition coefficient (Wildman–Crippen LogP) is 3.66. The van der Waals surface area contributed by atoms with E-state index in [1.807, 2.05) is 26.8 Å². The molecule has 1 aliphatic heterocycles. The first-order valence-electron chi connectivity index (χ1n) is 6.54. The van der Waals surface area contributed by atoms with Gasteiger partial charge in [-0.2, -0.15) is 0 Å². The van der Waals surface area contributed by atoms with Gasteiger partial charge in [0.25, 0.3) is 0 Å². The molecule has 0 N–H and O–H groups in total. The van der Waals surface area contributed by atoms with Gasteiger partial charge in [0.1, 0.15) is 11.0 Å². The third-order valence-electron chi connectivity index (χ3n) is 4.19. The highest BCUT2D eigenvalue weighted by molar-refractivity contribution is 7.84. The SMILES string of the molecule is C=CC[C@@]1(C)N(S(=O)C(C)(C)C)C1(CC)CC. The second kappa shape index (κ2) is 4.51. The summed E-state index contributed by atoms with van der Waals surface area (Å²) in [6.07, 6.45) is 4.97. The first kappa shape index (κ1) is 14.9. The minimum Gasteiger partial charge on any atom is -0.242 e. The van der Waals surface area contributed by atoms with Gasteiger partial charge in [-0.1, -0.05) is 19.9 Å². The van der Waals surface area contributed by atoms with Gasteiger partial charge >= 0.3 is 0 Å². The molecule has 2 nitrogen and oxygen atoms in total. The maximum Gasteiger partial charge on any atom is 0.101 e. The fourth-order valence-electron chi connectivity index (χ4n) is 3.08. The lowest BCUT2D eigenvalue weighted by Gasteiger charge is -2.21. The van der Waals surface area contributed by atoms with Gasteiger partial charge in [-0.3, -0.25) is 0 Å². The molecule has 0 bridgehead atoms. The number of hydrogen-bond donors (Lipinski definition) is 0. The van der Waals surface area contributed by atoms with E-state index in [9.17, 15) is 4.21 Å². The fraction of sp³-hybridized carbons (Fsp3) is 0.857. The zero-order valence-corrected chi connectivity index (χ0v) is 13.0. The highest BCUT2D eigenvalue weighted by atomic mass is 32.2. The summed E-state index contributed by atoms with van der Waals surface area (Å²) in [5, 5.41) is 0. The Labute approximate surface area is 109 Å². The van der Waals surface area contributed by atoms with Crippen molar-refractivity contribution in [2.75, 3.05) is 0 Å². The molecular weight excluding hydrogens is 230 g/mol. The van der Waals surface area contributed by atoms with Crippen molar-refractivity contribution in [3.8, 4) is 0 Å². The molecular formula is C14H27NOS. The summed E-state index contributed by atoms with van der Waals surface area (Å²) in [5.41, 5.74) is 0.121. The molecule has 1 fully saturated rings. The van der Waals surface area contributed by atoms with Gasteiger partial charge in [-0.15, -0.1) is 6.58 Å². The Morgan fingerprint density at radius 1 is 1.29 bits per heavy atom. The molecule has 3 atom stereocenters. The van der Waals surface area contributed by atoms with Crippen molar-refractivity contribution in [1.29, 1.82) is 0 Å². The molecule has 1 saturated heterocycles. The van der Waals surface area contributed by atoms with Gasteiger partial charge in [0.15, 0.2) is 0 Å². The van der Waals surface area contributed by atoms with E-state index >= 15 is 0 Å². The first-order valence-corrected chi connectivity index (χ1v) is 7.65. The van der Waals surface area contributed by atoms with Gasteiger partial charge in [0.05, 0.1) is 15.8 Å². The Balaban J connectivity index is 3.08. The number of nitrogens with zero attached hydrogens (tertiary/aromatic N) is 1. The van der Waals surface area contributed by atoms with Crippen LogP contribution in [-0.4, -0.2) is 24.3 Å². The second-order valence-electron chi connectivity index (χ2n) is 6.16. The van der Waals surface area contributed by atoms with Crippen LogP contribution in [0.3, 0.4) is 0 Å². The molecule has 2 unspecified atom stereocenters. The highest BCUT2D eigenvalue weighted by Crippen LogP contribution is 2.60. The van der Waals surface area contributed by atoms with Crippen molar-refractivity contribution >= 4 is 11.0 Å². The number of hydrogen-bond acceptors (Lipinski definition) is 1. The summed E-state index contributed by atoms with van der Waals surface area (Å²) in [6.45, 7) is 16.6. The van der Waals surface area contributed by atoms with Crippen molar-refractivity contribution in [1.82, 2.24) is 4.31 Å². The van der Waals surface area contributed by atoms with Crippen LogP contribution in [-0.2, 0) is 11.0 Å². The molecule has 0 spiro atoms. The zero-order chi connectivity index (χ0) is 13.5. The Bertz CT molecular complexity index is 328. The fourth-order valence-corrected chi connectivity index (χ4v) is 4.97. The van der Waals surface area contributed by atoms with Crippen molar-refractivity contribution in [3.05, 3.63) is 12.7 Å². The second-order valence-corrected chi connectivity index (χ2v) is 8.25. The third kappa shape index (κ3) is 2.01. The van der Waals surface area contributed by atoms with Gasteiger partial charge in [-0.05, 0) is 47.0 Å². The smallest absolute Gasteiger partial charge is 0.101 e. The first-order chi connectivity index (χ1) is 7.71. The van der Waals surface area contributed by atoms with E-state index in [0.717, 1.165) is 19.3 Å². The normalized spacial score (nSPS) is 33.2. The van der Waals surface area contributed by atoms with E-state index in [4.69, 9.17) is 0 Å². The van der Waals surface area contributed by atoms with Gasteiger partial charge < -0.3 is 0 Å². The maximum atomic E-state index is 12.7. The molecule has 100 valence electrons. The average molecular weight is 257 g/mol. The summed E-state index contributed by atoms with van der Waals surface area (Å²) in [5.74, 6) is 0. The van der Waals surface area contributed by atoms with Crippen molar-refractivity contribution in [3.63, 3.8) is 0 Å². The van der Waals surface area contributed by atoms with Crippen LogP contribution in [0.1, 0.15) is 60.8 Å². The Morgan fingerprint density at radius 2 is 1.76 bits per heavy atom. The van der Waals surface area contributed by atoms with Crippen LogP contribution in [0.5, 0.6) is 0 Å². The van der Waals surface area contributed by atoms with Crippen molar-refractivity contribution in [2.24, 2.45) is 0 Å². The van der Waals surface area contributed by atoms with Gasteiger partial charge in [-0.25, -0.2) is 8.51 Å². The molecule has 0 aromatic rings. The summed E-state index contributed by atoms with van der Waals surface area (Å²) in [4.78, 5) is 0. The molecule has 1 rings (SSSR count). The van der Waals surface area contributed by atoms with Crippen molar-refractivity contribution < 1.29 is 4.21 Å². The van der Waals surface area contributed by atoms with Crippen LogP contribution >= 0.6 is 0 Å². The van der Waals surface area contributed by atoms with Gasteiger partial charge in [0.2, 0.25) is 0 Å². The molecule has 1 heterocycles. The van der Waals surface area contributed by atoms with E-state index in [2.05, 4.69) is 31.7 Å². The van der Waals surface area contributed by atoms with Crippen LogP contribution in [0.15, 0.2) is 12.7 Å². The lowest BCUT2D eigenvalue weighted by Crippen LogP contribution is -2.31. The van der Waals surface area contributed by atoms with E-state index < -0.39 is 11.0 Å². The minimum absolute atomic E-state index is 0.0242. The Hall–Kier alpha value is -0.150. The van der Waals surface area contributed by atoms with E-state index in [-0.39, 0.29) is 15.8 Å². The third-order valence-corrected chi connectivity index (χ3v) is 6.32. The highest BCUT2D eigenvalue weighted by Gasteiger charge is 2.72. The quantitative estimate of drug-likeness (QED) is 0.543. The molecule has 0 amide bonds.